The van der Waals surface area contributed by atoms with E-state index in [9.17, 15) is 61.1 Å². The van der Waals surface area contributed by atoms with Crippen molar-refractivity contribution in [1.29, 1.82) is 0 Å². The molecular weight excluding hydrogens is 1280 g/mol. The summed E-state index contributed by atoms with van der Waals surface area (Å²) in [6.07, 6.45) is 3.39. The molecule has 0 radical (unpaired) electrons. The fourth-order valence-electron chi connectivity index (χ4n) is 14.5. The van der Waals surface area contributed by atoms with E-state index in [-0.39, 0.29) is 68.9 Å². The van der Waals surface area contributed by atoms with E-state index in [0.29, 0.717) is 32.1 Å². The highest BCUT2D eigenvalue weighted by molar-refractivity contribution is 6.31. The first-order chi connectivity index (χ1) is 45.5. The van der Waals surface area contributed by atoms with Gasteiger partial charge in [-0.2, -0.15) is 13.2 Å². The number of amides is 12. The van der Waals surface area contributed by atoms with Crippen molar-refractivity contribution >= 4 is 82.5 Å². The Labute approximate surface area is 574 Å². The third-order valence-corrected chi connectivity index (χ3v) is 21.4. The number of rotatable bonds is 11. The van der Waals surface area contributed by atoms with Crippen LogP contribution in [-0.2, 0) is 70.1 Å². The average Bonchev–Trinajstić information content (AvgIpc) is 1.76. The van der Waals surface area contributed by atoms with Crippen molar-refractivity contribution in [3.63, 3.8) is 0 Å². The summed E-state index contributed by atoms with van der Waals surface area (Å²) in [5, 5.41) is 10.5. The summed E-state index contributed by atoms with van der Waals surface area (Å²) >= 11 is 6.10. The minimum atomic E-state index is -4.76. The molecule has 28 heteroatoms. The zero-order chi connectivity index (χ0) is 72.3. The van der Waals surface area contributed by atoms with Crippen LogP contribution in [0.25, 0.3) is 0 Å². The minimum absolute atomic E-state index is 0.0185. The highest BCUT2D eigenvalue weighted by atomic mass is 35.5. The van der Waals surface area contributed by atoms with Crippen LogP contribution < -0.4 is 21.3 Å². The van der Waals surface area contributed by atoms with Crippen molar-refractivity contribution in [3.8, 4) is 0 Å². The van der Waals surface area contributed by atoms with E-state index in [0.717, 1.165) is 62.0 Å². The number of hydrogen-bond donors (Lipinski definition) is 4. The van der Waals surface area contributed by atoms with Gasteiger partial charge in [-0.3, -0.25) is 57.5 Å². The first kappa shape index (κ1) is 78.9. The number of benzene rings is 1. The molecular formula is C69H106ClF3N12O12. The molecule has 3 aliphatic carbocycles. The molecule has 0 bridgehead atoms. The monoisotopic (exact) mass is 1390 g/mol. The van der Waals surface area contributed by atoms with Crippen LogP contribution in [-0.4, -0.2) is 239 Å². The Morgan fingerprint density at radius 3 is 1.87 bits per heavy atom. The Bertz CT molecular complexity index is 3050. The van der Waals surface area contributed by atoms with Crippen LogP contribution >= 0.6 is 11.6 Å². The fourth-order valence-corrected chi connectivity index (χ4v) is 14.8. The minimum Gasteiger partial charge on any atom is -0.347 e. The number of carbonyl (C=O) groups is 12. The van der Waals surface area contributed by atoms with Crippen molar-refractivity contribution in [2.45, 2.75) is 236 Å². The molecule has 3 saturated carbocycles. The summed E-state index contributed by atoms with van der Waals surface area (Å²) in [5.41, 5.74) is -2.40. The lowest BCUT2D eigenvalue weighted by Crippen LogP contribution is -2.65. The van der Waals surface area contributed by atoms with Gasteiger partial charge < -0.3 is 60.5 Å². The van der Waals surface area contributed by atoms with Gasteiger partial charge in [0.25, 0.3) is 0 Å². The van der Waals surface area contributed by atoms with E-state index < -0.39 is 172 Å². The Morgan fingerprint density at radius 2 is 1.31 bits per heavy atom. The number of hydrogen-bond acceptors (Lipinski definition) is 12. The van der Waals surface area contributed by atoms with E-state index in [1.54, 1.807) is 6.92 Å². The van der Waals surface area contributed by atoms with Gasteiger partial charge in [0.05, 0.1) is 23.6 Å². The lowest BCUT2D eigenvalue weighted by atomic mass is 9.84. The topological polar surface area (TPSA) is 279 Å². The molecule has 2 aliphatic heterocycles. The van der Waals surface area contributed by atoms with Gasteiger partial charge in [0.15, 0.2) is 0 Å². The van der Waals surface area contributed by atoms with E-state index in [1.165, 1.54) is 111 Å². The lowest BCUT2D eigenvalue weighted by molar-refractivity contribution is -0.160. The van der Waals surface area contributed by atoms with Crippen LogP contribution in [0, 0.1) is 23.7 Å². The molecule has 6 rings (SSSR count). The maximum absolute atomic E-state index is 15.4. The summed E-state index contributed by atoms with van der Waals surface area (Å²) < 4.78 is 41.3. The van der Waals surface area contributed by atoms with E-state index in [1.807, 2.05) is 20.8 Å². The highest BCUT2D eigenvalue weighted by Gasteiger charge is 2.51. The summed E-state index contributed by atoms with van der Waals surface area (Å²) in [4.78, 5) is 187. The second-order valence-electron chi connectivity index (χ2n) is 28.7. The van der Waals surface area contributed by atoms with Gasteiger partial charge in [-0.15, -0.1) is 0 Å². The third-order valence-electron chi connectivity index (χ3n) is 21.1. The van der Waals surface area contributed by atoms with Crippen LogP contribution in [0.5, 0.6) is 0 Å². The van der Waals surface area contributed by atoms with Crippen molar-refractivity contribution in [2.24, 2.45) is 23.7 Å². The smallest absolute Gasteiger partial charge is 0.347 e. The quantitative estimate of drug-likeness (QED) is 0.224. The predicted molar refractivity (Wildman–Crippen MR) is 357 cm³/mol. The number of carbonyl (C=O) groups excluding carboxylic acids is 12. The number of nitrogens with zero attached hydrogens (tertiary/aromatic N) is 8. The molecule has 5 aliphatic rings. The van der Waals surface area contributed by atoms with Gasteiger partial charge in [-0.25, -0.2) is 0 Å². The molecule has 4 N–H and O–H groups in total. The number of halogens is 4. The summed E-state index contributed by atoms with van der Waals surface area (Å²) in [6, 6.07) is -8.17. The maximum atomic E-state index is 15.4. The molecule has 12 amide bonds. The van der Waals surface area contributed by atoms with E-state index in [2.05, 4.69) is 21.3 Å². The Hall–Kier alpha value is -7.06. The Kier molecular flexibility index (Phi) is 27.8. The lowest BCUT2D eigenvalue weighted by Gasteiger charge is -2.45. The fraction of sp³-hybridized carbons (Fsp3) is 0.739. The largest absolute Gasteiger partial charge is 0.417 e. The number of alkyl halides is 3. The number of nitrogens with one attached hydrogen (secondary N) is 4. The molecule has 0 aromatic heterocycles. The SMILES string of the molecule is CC[C@H](C)[C@@H]1NC(=O)[C@H](CC(C)C)N(C)C(=O)C[C@@H](C(=O)N(C)C)N(C)C(=O)[C@H](C2CCCC2)N(C)C(=O)C2(CCCC2)NC(=O)[C@H](C)NC(=O)[C@H](CCc2ccc(C(F)(F)F)c(Cl)c2)NC(=O)CN(C)C(=O)[C@H](CC2CCCCC2)N(C)C(=O)[C@@H]2CCN2C(=O)[C@H](C)N(C)C1=O. The van der Waals surface area contributed by atoms with E-state index >= 15 is 9.59 Å². The molecule has 0 unspecified atom stereocenters. The van der Waals surface area contributed by atoms with Crippen molar-refractivity contribution in [1.82, 2.24) is 60.5 Å². The van der Waals surface area contributed by atoms with Crippen LogP contribution in [0.15, 0.2) is 18.2 Å². The molecule has 10 atom stereocenters. The molecule has 542 valence electrons. The van der Waals surface area contributed by atoms with Gasteiger partial charge in [0, 0.05) is 62.9 Å². The zero-order valence-corrected chi connectivity index (χ0v) is 60.0. The van der Waals surface area contributed by atoms with Crippen molar-refractivity contribution < 1.29 is 70.7 Å². The van der Waals surface area contributed by atoms with E-state index in [4.69, 9.17) is 11.6 Å². The second-order valence-corrected chi connectivity index (χ2v) is 29.1. The molecule has 2 heterocycles. The molecule has 5 fully saturated rings. The van der Waals surface area contributed by atoms with Gasteiger partial charge in [0.1, 0.15) is 59.9 Å². The predicted octanol–water partition coefficient (Wildman–Crippen LogP) is 5.15. The first-order valence-corrected chi connectivity index (χ1v) is 35.0. The van der Waals surface area contributed by atoms with Crippen LogP contribution in [0.4, 0.5) is 13.2 Å². The van der Waals surface area contributed by atoms with Gasteiger partial charge in [-0.1, -0.05) is 110 Å². The second kappa shape index (κ2) is 34.1. The zero-order valence-electron chi connectivity index (χ0n) is 59.3. The first-order valence-electron chi connectivity index (χ1n) is 34.6. The normalized spacial score (nSPS) is 27.6. The standard InChI is InChI=1S/C69H106ClF3N12O12/c1-15-41(4)56-65(95)80(10)43(6)61(91)85-34-31-50(85)64(94)82(12)52(37-44-23-17-16-18-24-44)63(93)79(9)39-54(86)75-49(30-28-45-27-29-47(48(70)36-45)69(71,72)73)59(89)74-42(5)58(88)77-68(32-21-22-33-68)67(97)84(14)57(46-25-19-20-26-46)66(96)83(13)53(62(92)78(7)8)38-55(87)81(11)51(35-40(2)3)60(90)76-56/h27,29,36,40-44,46,49-53,56-57H,15-26,28,30-35,37-39H2,1-14H3,(H,74,89)(H,75,86)(H,76,90)(H,77,88)/t41-,42-,43-,49-,50-,51-,52-,53-,56-,57-/m0/s1. The molecule has 1 spiro atoms. The van der Waals surface area contributed by atoms with Gasteiger partial charge in [0.2, 0.25) is 70.9 Å². The average molecular weight is 1390 g/mol. The highest BCUT2D eigenvalue weighted by Crippen LogP contribution is 2.38. The number of aryl methyl sites for hydroxylation is 1. The summed E-state index contributed by atoms with van der Waals surface area (Å²) in [6.45, 7) is 9.69. The van der Waals surface area contributed by atoms with Gasteiger partial charge >= 0.3 is 6.18 Å². The van der Waals surface area contributed by atoms with Gasteiger partial charge in [-0.05, 0) is 113 Å². The van der Waals surface area contributed by atoms with Crippen molar-refractivity contribution in [2.75, 3.05) is 69.5 Å². The molecule has 1 aromatic carbocycles. The number of likely N-dealkylation sites (N-methyl/N-ethyl adjacent to an activating group) is 7. The van der Waals surface area contributed by atoms with Crippen LogP contribution in [0.1, 0.15) is 175 Å². The summed E-state index contributed by atoms with van der Waals surface area (Å²) in [7, 11) is 11.5. The Balaban J connectivity index is 1.41. The summed E-state index contributed by atoms with van der Waals surface area (Å²) in [5.74, 6) is -9.22. The number of fused-ring (bicyclic) bond motifs is 1. The third kappa shape index (κ3) is 19.2. The molecule has 2 saturated heterocycles. The molecule has 97 heavy (non-hydrogen) atoms. The molecule has 1 aromatic rings. The van der Waals surface area contributed by atoms with Crippen molar-refractivity contribution in [3.05, 3.63) is 34.3 Å². The van der Waals surface area contributed by atoms with Crippen LogP contribution in [0.3, 0.4) is 0 Å². The Morgan fingerprint density at radius 1 is 0.691 bits per heavy atom. The molecule has 24 nitrogen and oxygen atoms in total. The maximum Gasteiger partial charge on any atom is 0.417 e. The van der Waals surface area contributed by atoms with Crippen LogP contribution in [0.2, 0.25) is 5.02 Å².